The molecule has 0 aliphatic carbocycles. The lowest BCUT2D eigenvalue weighted by Crippen LogP contribution is -2.13. The molecule has 2 aromatic rings. The summed E-state index contributed by atoms with van der Waals surface area (Å²) in [6.45, 7) is 10.4. The molecule has 5 nitrogen and oxygen atoms in total. The molecule has 0 unspecified atom stereocenters. The summed E-state index contributed by atoms with van der Waals surface area (Å²) in [4.78, 5) is 4.42. The molecule has 106 valence electrons. The fraction of sp³-hybridized carbons (Fsp3) is 0.400. The molecule has 0 saturated heterocycles. The van der Waals surface area contributed by atoms with E-state index in [0.29, 0.717) is 11.8 Å². The van der Waals surface area contributed by atoms with Crippen molar-refractivity contribution < 1.29 is 0 Å². The van der Waals surface area contributed by atoms with Crippen LogP contribution in [-0.2, 0) is 0 Å². The van der Waals surface area contributed by atoms with Crippen LogP contribution in [0.15, 0.2) is 18.3 Å². The molecule has 0 spiro atoms. The summed E-state index contributed by atoms with van der Waals surface area (Å²) in [6.07, 6.45) is 1.63. The number of nitrogens with zero attached hydrogens (tertiary/aromatic N) is 3. The Labute approximate surface area is 119 Å². The molecule has 0 aliphatic heterocycles. The molecule has 0 saturated carbocycles. The van der Waals surface area contributed by atoms with Crippen molar-refractivity contribution in [2.75, 3.05) is 10.6 Å². The molecule has 20 heavy (non-hydrogen) atoms. The number of hydrogen-bond acceptors (Lipinski definition) is 5. The monoisotopic (exact) mass is 271 g/mol. The van der Waals surface area contributed by atoms with Crippen molar-refractivity contribution >= 4 is 17.5 Å². The quantitative estimate of drug-likeness (QED) is 0.892. The third kappa shape index (κ3) is 3.44. The second kappa shape index (κ2) is 5.86. The van der Waals surface area contributed by atoms with Crippen molar-refractivity contribution in [1.82, 2.24) is 15.2 Å². The Kier molecular flexibility index (Phi) is 4.17. The third-order valence-electron chi connectivity index (χ3n) is 2.91. The van der Waals surface area contributed by atoms with Crippen molar-refractivity contribution in [2.45, 2.75) is 40.7 Å². The number of rotatable bonds is 4. The van der Waals surface area contributed by atoms with Gasteiger partial charge >= 0.3 is 0 Å². The SMILES string of the molecule is Cc1cc(C)c(Nc2cnnc(NC(C)C)n2)c(C)c1. The highest BCUT2D eigenvalue weighted by atomic mass is 15.3. The lowest BCUT2D eigenvalue weighted by atomic mass is 10.1. The number of aromatic nitrogens is 3. The Morgan fingerprint density at radius 1 is 1.05 bits per heavy atom. The zero-order valence-electron chi connectivity index (χ0n) is 12.7. The van der Waals surface area contributed by atoms with Crippen molar-refractivity contribution in [3.63, 3.8) is 0 Å². The highest BCUT2D eigenvalue weighted by Crippen LogP contribution is 2.24. The number of aryl methyl sites for hydroxylation is 3. The predicted molar refractivity (Wildman–Crippen MR) is 82.5 cm³/mol. The van der Waals surface area contributed by atoms with E-state index in [1.807, 2.05) is 13.8 Å². The molecule has 1 aromatic heterocycles. The molecule has 0 radical (unpaired) electrons. The first-order valence-electron chi connectivity index (χ1n) is 6.77. The summed E-state index contributed by atoms with van der Waals surface area (Å²) in [5.74, 6) is 1.23. The Bertz CT molecular complexity index is 584. The molecule has 5 heteroatoms. The van der Waals surface area contributed by atoms with E-state index in [2.05, 4.69) is 58.7 Å². The first kappa shape index (κ1) is 14.2. The van der Waals surface area contributed by atoms with Crippen molar-refractivity contribution in [1.29, 1.82) is 0 Å². The highest BCUT2D eigenvalue weighted by molar-refractivity contribution is 5.65. The van der Waals surface area contributed by atoms with Gasteiger partial charge in [-0.3, -0.25) is 0 Å². The molecular formula is C15H21N5. The number of benzene rings is 1. The van der Waals surface area contributed by atoms with Gasteiger partial charge in [-0.1, -0.05) is 17.7 Å². The van der Waals surface area contributed by atoms with Crippen LogP contribution in [0.3, 0.4) is 0 Å². The zero-order valence-corrected chi connectivity index (χ0v) is 12.7. The summed E-state index contributed by atoms with van der Waals surface area (Å²) in [7, 11) is 0. The van der Waals surface area contributed by atoms with E-state index >= 15 is 0 Å². The largest absolute Gasteiger partial charge is 0.351 e. The maximum Gasteiger partial charge on any atom is 0.244 e. The normalized spacial score (nSPS) is 10.7. The first-order valence-corrected chi connectivity index (χ1v) is 6.77. The van der Waals surface area contributed by atoms with Gasteiger partial charge in [0.1, 0.15) is 0 Å². The molecule has 0 atom stereocenters. The molecule has 1 heterocycles. The summed E-state index contributed by atoms with van der Waals surface area (Å²) in [5.41, 5.74) is 4.72. The van der Waals surface area contributed by atoms with E-state index in [4.69, 9.17) is 0 Å². The standard InChI is InChI=1S/C15H21N5/c1-9(2)17-15-19-13(8-16-20-15)18-14-11(4)6-10(3)7-12(14)5/h6-9H,1-5H3,(H2,17,18,19,20). The van der Waals surface area contributed by atoms with Gasteiger partial charge in [-0.2, -0.15) is 10.1 Å². The Balaban J connectivity index is 2.26. The van der Waals surface area contributed by atoms with Gasteiger partial charge in [0.2, 0.25) is 5.95 Å². The maximum atomic E-state index is 4.42. The molecular weight excluding hydrogens is 250 g/mol. The van der Waals surface area contributed by atoms with Crippen LogP contribution >= 0.6 is 0 Å². The Hall–Kier alpha value is -2.17. The maximum absolute atomic E-state index is 4.42. The second-order valence-corrected chi connectivity index (χ2v) is 5.36. The van der Waals surface area contributed by atoms with Gasteiger partial charge in [-0.05, 0) is 45.7 Å². The average molecular weight is 271 g/mol. The van der Waals surface area contributed by atoms with Crippen LogP contribution in [0, 0.1) is 20.8 Å². The minimum absolute atomic E-state index is 0.273. The van der Waals surface area contributed by atoms with Crippen LogP contribution in [0.4, 0.5) is 17.5 Å². The summed E-state index contributed by atoms with van der Waals surface area (Å²) < 4.78 is 0. The van der Waals surface area contributed by atoms with Crippen LogP contribution in [-0.4, -0.2) is 21.2 Å². The van der Waals surface area contributed by atoms with E-state index in [1.54, 1.807) is 6.20 Å². The molecule has 2 N–H and O–H groups in total. The molecule has 0 fully saturated rings. The molecule has 1 aromatic carbocycles. The van der Waals surface area contributed by atoms with Gasteiger partial charge in [-0.25, -0.2) is 0 Å². The van der Waals surface area contributed by atoms with E-state index in [0.717, 1.165) is 5.69 Å². The van der Waals surface area contributed by atoms with Gasteiger partial charge in [0, 0.05) is 11.7 Å². The van der Waals surface area contributed by atoms with Crippen LogP contribution < -0.4 is 10.6 Å². The molecule has 2 rings (SSSR count). The lowest BCUT2D eigenvalue weighted by molar-refractivity contribution is 0.852. The predicted octanol–water partition coefficient (Wildman–Crippen LogP) is 3.36. The van der Waals surface area contributed by atoms with Gasteiger partial charge in [0.05, 0.1) is 6.20 Å². The number of nitrogens with one attached hydrogen (secondary N) is 2. The van der Waals surface area contributed by atoms with Crippen LogP contribution in [0.2, 0.25) is 0 Å². The van der Waals surface area contributed by atoms with Crippen LogP contribution in [0.25, 0.3) is 0 Å². The molecule has 0 aliphatic rings. The highest BCUT2D eigenvalue weighted by Gasteiger charge is 2.07. The smallest absolute Gasteiger partial charge is 0.244 e. The Morgan fingerprint density at radius 2 is 1.70 bits per heavy atom. The van der Waals surface area contributed by atoms with Crippen molar-refractivity contribution in [3.8, 4) is 0 Å². The topological polar surface area (TPSA) is 62.7 Å². The lowest BCUT2D eigenvalue weighted by Gasteiger charge is -2.14. The van der Waals surface area contributed by atoms with E-state index in [1.165, 1.54) is 16.7 Å². The minimum atomic E-state index is 0.273. The number of anilines is 3. The van der Waals surface area contributed by atoms with Gasteiger partial charge in [0.15, 0.2) is 5.82 Å². The molecule has 0 amide bonds. The third-order valence-corrected chi connectivity index (χ3v) is 2.91. The van der Waals surface area contributed by atoms with Crippen LogP contribution in [0.1, 0.15) is 30.5 Å². The Morgan fingerprint density at radius 3 is 2.30 bits per heavy atom. The fourth-order valence-corrected chi connectivity index (χ4v) is 2.19. The number of hydrogen-bond donors (Lipinski definition) is 2. The van der Waals surface area contributed by atoms with E-state index in [-0.39, 0.29) is 6.04 Å². The first-order chi connectivity index (χ1) is 9.45. The molecule has 0 bridgehead atoms. The van der Waals surface area contributed by atoms with E-state index in [9.17, 15) is 0 Å². The van der Waals surface area contributed by atoms with Crippen molar-refractivity contribution in [3.05, 3.63) is 35.0 Å². The minimum Gasteiger partial charge on any atom is -0.351 e. The summed E-state index contributed by atoms with van der Waals surface area (Å²) >= 11 is 0. The van der Waals surface area contributed by atoms with Crippen LogP contribution in [0.5, 0.6) is 0 Å². The van der Waals surface area contributed by atoms with Gasteiger partial charge in [0.25, 0.3) is 0 Å². The van der Waals surface area contributed by atoms with E-state index < -0.39 is 0 Å². The average Bonchev–Trinajstić information content (AvgIpc) is 2.33. The van der Waals surface area contributed by atoms with Crippen molar-refractivity contribution in [2.24, 2.45) is 0 Å². The summed E-state index contributed by atoms with van der Waals surface area (Å²) in [5, 5.41) is 14.4. The fourth-order valence-electron chi connectivity index (χ4n) is 2.19. The summed E-state index contributed by atoms with van der Waals surface area (Å²) in [6, 6.07) is 4.57. The zero-order chi connectivity index (χ0) is 14.7. The van der Waals surface area contributed by atoms with Gasteiger partial charge in [-0.15, -0.1) is 5.10 Å². The van der Waals surface area contributed by atoms with Gasteiger partial charge < -0.3 is 10.6 Å². The second-order valence-electron chi connectivity index (χ2n) is 5.36.